The molecule has 0 saturated heterocycles. The van der Waals surface area contributed by atoms with E-state index in [1.54, 1.807) is 7.11 Å². The monoisotopic (exact) mass is 426 g/mol. The second kappa shape index (κ2) is 9.89. The van der Waals surface area contributed by atoms with Crippen molar-refractivity contribution in [3.8, 4) is 5.75 Å². The minimum Gasteiger partial charge on any atom is -0.497 e. The summed E-state index contributed by atoms with van der Waals surface area (Å²) < 4.78 is 7.33. The molecule has 1 N–H and O–H groups in total. The molecule has 6 nitrogen and oxygen atoms in total. The summed E-state index contributed by atoms with van der Waals surface area (Å²) in [6.07, 6.45) is 3.69. The third kappa shape index (κ3) is 5.69. The number of aromatic nitrogens is 3. The first-order chi connectivity index (χ1) is 14.4. The molecule has 3 rings (SSSR count). The number of nitrogens with one attached hydrogen (secondary N) is 1. The van der Waals surface area contributed by atoms with Crippen LogP contribution in [0.1, 0.15) is 47.7 Å². The first-order valence-corrected chi connectivity index (χ1v) is 11.1. The van der Waals surface area contributed by atoms with Gasteiger partial charge in [-0.3, -0.25) is 9.48 Å². The molecule has 1 aromatic carbocycles. The van der Waals surface area contributed by atoms with Crippen molar-refractivity contribution >= 4 is 22.4 Å². The average Bonchev–Trinajstić information content (AvgIpc) is 3.23. The Morgan fingerprint density at radius 3 is 2.83 bits per heavy atom. The molecule has 7 heteroatoms. The summed E-state index contributed by atoms with van der Waals surface area (Å²) >= 11 is 1.51. The molecule has 0 unspecified atom stereocenters. The number of carbonyl (C=O) groups is 1. The van der Waals surface area contributed by atoms with Gasteiger partial charge in [-0.25, -0.2) is 4.98 Å². The number of ether oxygens (including phenoxy) is 1. The summed E-state index contributed by atoms with van der Waals surface area (Å²) in [4.78, 5) is 17.9. The van der Waals surface area contributed by atoms with E-state index >= 15 is 0 Å². The number of carbonyl (C=O) groups excluding carboxylic acids is 1. The fraction of sp³-hybridized carbons (Fsp3) is 0.435. The number of methoxy groups -OCH3 is 1. The van der Waals surface area contributed by atoms with Crippen molar-refractivity contribution in [3.63, 3.8) is 0 Å². The van der Waals surface area contributed by atoms with E-state index in [1.165, 1.54) is 16.9 Å². The van der Waals surface area contributed by atoms with Crippen LogP contribution in [-0.4, -0.2) is 27.8 Å². The second-order valence-corrected chi connectivity index (χ2v) is 9.05. The van der Waals surface area contributed by atoms with E-state index in [0.717, 1.165) is 40.5 Å². The van der Waals surface area contributed by atoms with Crippen molar-refractivity contribution < 1.29 is 9.53 Å². The van der Waals surface area contributed by atoms with Crippen molar-refractivity contribution in [3.05, 3.63) is 57.9 Å². The summed E-state index contributed by atoms with van der Waals surface area (Å²) in [7, 11) is 1.66. The standard InChI is InChI=1S/C23H30N4O2S/c1-15(2)14-27-17(4)21(16(3)26-27)9-10-22(28)25-23-24-13-20(30-23)12-18-7-6-8-19(11-18)29-5/h6-8,11,13,15H,9-10,12,14H2,1-5H3,(H,24,25,28). The Kier molecular flexibility index (Phi) is 7.26. The number of rotatable bonds is 9. The molecular weight excluding hydrogens is 396 g/mol. The predicted molar refractivity (Wildman–Crippen MR) is 121 cm³/mol. The number of amides is 1. The molecule has 1 amide bonds. The van der Waals surface area contributed by atoms with Crippen LogP contribution in [0.2, 0.25) is 0 Å². The first kappa shape index (κ1) is 22.0. The van der Waals surface area contributed by atoms with Crippen LogP contribution in [-0.2, 0) is 24.2 Å². The fourth-order valence-corrected chi connectivity index (χ4v) is 4.33. The molecule has 30 heavy (non-hydrogen) atoms. The van der Waals surface area contributed by atoms with Gasteiger partial charge in [0.2, 0.25) is 5.91 Å². The zero-order valence-electron chi connectivity index (χ0n) is 18.4. The topological polar surface area (TPSA) is 69.0 Å². The Labute approximate surface area is 182 Å². The minimum absolute atomic E-state index is 0.0207. The molecule has 0 radical (unpaired) electrons. The number of anilines is 1. The summed E-state index contributed by atoms with van der Waals surface area (Å²) in [5.41, 5.74) is 4.49. The summed E-state index contributed by atoms with van der Waals surface area (Å²) in [5.74, 6) is 1.36. The van der Waals surface area contributed by atoms with E-state index in [-0.39, 0.29) is 5.91 Å². The molecular formula is C23H30N4O2S. The van der Waals surface area contributed by atoms with Crippen LogP contribution in [0.25, 0.3) is 0 Å². The molecule has 0 saturated carbocycles. The quantitative estimate of drug-likeness (QED) is 0.534. The van der Waals surface area contributed by atoms with Gasteiger partial charge in [-0.1, -0.05) is 26.0 Å². The molecule has 0 spiro atoms. The summed E-state index contributed by atoms with van der Waals surface area (Å²) in [6, 6.07) is 7.98. The number of hydrogen-bond donors (Lipinski definition) is 1. The zero-order valence-corrected chi connectivity index (χ0v) is 19.2. The van der Waals surface area contributed by atoms with Gasteiger partial charge in [0.25, 0.3) is 0 Å². The molecule has 2 aromatic heterocycles. The van der Waals surface area contributed by atoms with E-state index < -0.39 is 0 Å². The van der Waals surface area contributed by atoms with Gasteiger partial charge in [-0.05, 0) is 49.4 Å². The van der Waals surface area contributed by atoms with Crippen molar-refractivity contribution in [2.24, 2.45) is 5.92 Å². The van der Waals surface area contributed by atoms with E-state index in [1.807, 2.05) is 31.3 Å². The van der Waals surface area contributed by atoms with Crippen LogP contribution >= 0.6 is 11.3 Å². The van der Waals surface area contributed by atoms with Gasteiger partial charge < -0.3 is 10.1 Å². The number of hydrogen-bond acceptors (Lipinski definition) is 5. The molecule has 0 aliphatic rings. The van der Waals surface area contributed by atoms with Crippen LogP contribution in [0, 0.1) is 19.8 Å². The molecule has 2 heterocycles. The first-order valence-electron chi connectivity index (χ1n) is 10.3. The molecule has 0 aliphatic heterocycles. The molecule has 0 fully saturated rings. The van der Waals surface area contributed by atoms with Gasteiger partial charge in [0.15, 0.2) is 5.13 Å². The van der Waals surface area contributed by atoms with Gasteiger partial charge in [0, 0.05) is 36.2 Å². The average molecular weight is 427 g/mol. The van der Waals surface area contributed by atoms with Crippen molar-refractivity contribution in [1.82, 2.24) is 14.8 Å². The Balaban J connectivity index is 1.55. The highest BCUT2D eigenvalue weighted by molar-refractivity contribution is 7.15. The second-order valence-electron chi connectivity index (χ2n) is 7.93. The van der Waals surface area contributed by atoms with Crippen LogP contribution in [0.4, 0.5) is 5.13 Å². The van der Waals surface area contributed by atoms with Crippen LogP contribution in [0.15, 0.2) is 30.5 Å². The van der Waals surface area contributed by atoms with Gasteiger partial charge in [-0.15, -0.1) is 11.3 Å². The SMILES string of the molecule is COc1cccc(Cc2cnc(NC(=O)CCc3c(C)nn(CC(C)C)c3C)s2)c1. The van der Waals surface area contributed by atoms with Crippen molar-refractivity contribution in [2.45, 2.75) is 53.5 Å². The number of benzene rings is 1. The summed E-state index contributed by atoms with van der Waals surface area (Å²) in [6.45, 7) is 9.36. The van der Waals surface area contributed by atoms with E-state index in [0.29, 0.717) is 23.9 Å². The lowest BCUT2D eigenvalue weighted by Crippen LogP contribution is -2.12. The van der Waals surface area contributed by atoms with E-state index in [2.05, 4.69) is 46.9 Å². The zero-order chi connectivity index (χ0) is 21.7. The highest BCUT2D eigenvalue weighted by Gasteiger charge is 2.14. The lowest BCUT2D eigenvalue weighted by Gasteiger charge is -2.08. The Morgan fingerprint density at radius 1 is 1.30 bits per heavy atom. The number of nitrogens with zero attached hydrogens (tertiary/aromatic N) is 3. The van der Waals surface area contributed by atoms with Crippen LogP contribution < -0.4 is 10.1 Å². The lowest BCUT2D eigenvalue weighted by atomic mass is 10.1. The third-order valence-electron chi connectivity index (χ3n) is 4.98. The van der Waals surface area contributed by atoms with E-state index in [4.69, 9.17) is 4.74 Å². The summed E-state index contributed by atoms with van der Waals surface area (Å²) in [5, 5.41) is 8.21. The molecule has 160 valence electrons. The van der Waals surface area contributed by atoms with Crippen molar-refractivity contribution in [2.75, 3.05) is 12.4 Å². The smallest absolute Gasteiger partial charge is 0.226 e. The highest BCUT2D eigenvalue weighted by Crippen LogP contribution is 2.23. The van der Waals surface area contributed by atoms with Gasteiger partial charge in [0.1, 0.15) is 5.75 Å². The Hall–Kier alpha value is -2.67. The normalized spacial score (nSPS) is 11.1. The third-order valence-corrected chi connectivity index (χ3v) is 5.90. The van der Waals surface area contributed by atoms with Gasteiger partial charge in [-0.2, -0.15) is 5.10 Å². The van der Waals surface area contributed by atoms with Crippen LogP contribution in [0.3, 0.4) is 0 Å². The number of thiazole rings is 1. The maximum absolute atomic E-state index is 12.5. The van der Waals surface area contributed by atoms with Gasteiger partial charge in [0.05, 0.1) is 12.8 Å². The Morgan fingerprint density at radius 2 is 2.10 bits per heavy atom. The molecule has 0 bridgehead atoms. The fourth-order valence-electron chi connectivity index (χ4n) is 3.47. The Bertz CT molecular complexity index is 1010. The maximum atomic E-state index is 12.5. The van der Waals surface area contributed by atoms with Gasteiger partial charge >= 0.3 is 0 Å². The minimum atomic E-state index is -0.0207. The maximum Gasteiger partial charge on any atom is 0.226 e. The van der Waals surface area contributed by atoms with E-state index in [9.17, 15) is 4.79 Å². The lowest BCUT2D eigenvalue weighted by molar-refractivity contribution is -0.116. The van der Waals surface area contributed by atoms with Crippen molar-refractivity contribution in [1.29, 1.82) is 0 Å². The highest BCUT2D eigenvalue weighted by atomic mass is 32.1. The predicted octanol–water partition coefficient (Wildman–Crippen LogP) is 4.78. The van der Waals surface area contributed by atoms with Crippen LogP contribution in [0.5, 0.6) is 5.75 Å². The number of aryl methyl sites for hydroxylation is 1. The molecule has 3 aromatic rings. The molecule has 0 atom stereocenters. The molecule has 0 aliphatic carbocycles. The largest absolute Gasteiger partial charge is 0.497 e.